The molecule has 3 aromatic heterocycles. The maximum absolute atomic E-state index is 4.62. The second kappa shape index (κ2) is 8.01. The fourth-order valence-corrected chi connectivity index (χ4v) is 5.23. The zero-order valence-electron chi connectivity index (χ0n) is 16.1. The molecule has 0 aromatic carbocycles. The summed E-state index contributed by atoms with van der Waals surface area (Å²) < 4.78 is 0. The van der Waals surface area contributed by atoms with Crippen molar-refractivity contribution in [1.82, 2.24) is 19.9 Å². The molecule has 3 aromatic rings. The number of nitrogens with zero attached hydrogens (tertiary/aromatic N) is 6. The number of piperazine rings is 1. The zero-order valence-corrected chi connectivity index (χ0v) is 16.9. The Balaban J connectivity index is 1.19. The molecule has 0 spiro atoms. The van der Waals surface area contributed by atoms with Crippen molar-refractivity contribution < 1.29 is 0 Å². The number of pyridine rings is 1. The van der Waals surface area contributed by atoms with E-state index in [2.05, 4.69) is 53.2 Å². The maximum Gasteiger partial charge on any atom is 0.140 e. The van der Waals surface area contributed by atoms with Gasteiger partial charge in [-0.05, 0) is 42.3 Å². The molecule has 0 bridgehead atoms. The number of rotatable bonds is 4. The lowest BCUT2D eigenvalue weighted by atomic mass is 9.97. The molecule has 1 unspecified atom stereocenters. The third-order valence-corrected chi connectivity index (χ3v) is 6.74. The van der Waals surface area contributed by atoms with Crippen LogP contribution in [0.5, 0.6) is 0 Å². The van der Waals surface area contributed by atoms with Gasteiger partial charge in [-0.2, -0.15) is 0 Å². The smallest absolute Gasteiger partial charge is 0.140 e. The molecule has 7 heteroatoms. The third kappa shape index (κ3) is 3.69. The van der Waals surface area contributed by atoms with E-state index in [-0.39, 0.29) is 0 Å². The van der Waals surface area contributed by atoms with E-state index in [0.29, 0.717) is 5.92 Å². The Hall–Kier alpha value is -2.25. The van der Waals surface area contributed by atoms with E-state index >= 15 is 0 Å². The monoisotopic (exact) mass is 394 g/mol. The summed E-state index contributed by atoms with van der Waals surface area (Å²) in [6.45, 7) is 7.76. The first kappa shape index (κ1) is 17.8. The predicted molar refractivity (Wildman–Crippen MR) is 115 cm³/mol. The highest BCUT2D eigenvalue weighted by atomic mass is 32.1. The minimum atomic E-state index is 0.707. The van der Waals surface area contributed by atoms with E-state index in [1.165, 1.54) is 24.8 Å². The van der Waals surface area contributed by atoms with Crippen molar-refractivity contribution >= 4 is 33.2 Å². The molecule has 2 saturated heterocycles. The summed E-state index contributed by atoms with van der Waals surface area (Å²) in [5.41, 5.74) is 0. The van der Waals surface area contributed by atoms with Gasteiger partial charge >= 0.3 is 0 Å². The van der Waals surface area contributed by atoms with Crippen molar-refractivity contribution in [3.63, 3.8) is 0 Å². The second-order valence-electron chi connectivity index (χ2n) is 7.77. The fourth-order valence-electron chi connectivity index (χ4n) is 4.50. The van der Waals surface area contributed by atoms with Crippen molar-refractivity contribution in [3.8, 4) is 0 Å². The summed E-state index contributed by atoms with van der Waals surface area (Å²) in [7, 11) is 0. The molecule has 0 aliphatic carbocycles. The van der Waals surface area contributed by atoms with Crippen LogP contribution in [0.25, 0.3) is 10.2 Å². The Morgan fingerprint density at radius 1 is 0.964 bits per heavy atom. The maximum atomic E-state index is 4.62. The third-order valence-electron chi connectivity index (χ3n) is 5.92. The van der Waals surface area contributed by atoms with Gasteiger partial charge in [0.25, 0.3) is 0 Å². The second-order valence-corrected chi connectivity index (χ2v) is 8.66. The minimum Gasteiger partial charge on any atom is -0.356 e. The molecular weight excluding hydrogens is 368 g/mol. The largest absolute Gasteiger partial charge is 0.356 e. The topological polar surface area (TPSA) is 48.4 Å². The van der Waals surface area contributed by atoms with Gasteiger partial charge in [-0.25, -0.2) is 15.0 Å². The summed E-state index contributed by atoms with van der Waals surface area (Å²) >= 11 is 1.70. The molecule has 0 amide bonds. The lowest BCUT2D eigenvalue weighted by Gasteiger charge is -2.40. The molecule has 6 nitrogen and oxygen atoms in total. The Kier molecular flexibility index (Phi) is 5.10. The van der Waals surface area contributed by atoms with Crippen molar-refractivity contribution in [2.75, 3.05) is 55.6 Å². The highest BCUT2D eigenvalue weighted by Gasteiger charge is 2.26. The molecule has 2 fully saturated rings. The summed E-state index contributed by atoms with van der Waals surface area (Å²) in [6.07, 6.45) is 6.16. The van der Waals surface area contributed by atoms with E-state index in [9.17, 15) is 0 Å². The standard InChI is InChI=1S/C21H26N6S/c1-2-7-22-19(5-1)26-11-9-25(10-12-26)14-17-4-3-8-27(15-17)20-18-6-13-28-21(18)24-16-23-20/h1-2,5-7,13,16-17H,3-4,8-12,14-15H2. The van der Waals surface area contributed by atoms with Crippen LogP contribution in [0.15, 0.2) is 42.2 Å². The Morgan fingerprint density at radius 2 is 1.89 bits per heavy atom. The Bertz CT molecular complexity index is 905. The van der Waals surface area contributed by atoms with Gasteiger partial charge in [-0.3, -0.25) is 4.90 Å². The number of anilines is 2. The minimum absolute atomic E-state index is 0.707. The van der Waals surface area contributed by atoms with E-state index in [1.807, 2.05) is 12.3 Å². The predicted octanol–water partition coefficient (Wildman–Crippen LogP) is 3.12. The van der Waals surface area contributed by atoms with Crippen molar-refractivity contribution in [3.05, 3.63) is 42.2 Å². The van der Waals surface area contributed by atoms with Crippen LogP contribution in [0.1, 0.15) is 12.8 Å². The van der Waals surface area contributed by atoms with E-state index < -0.39 is 0 Å². The number of piperidine rings is 1. The first-order valence-electron chi connectivity index (χ1n) is 10.2. The van der Waals surface area contributed by atoms with Crippen LogP contribution in [0, 0.1) is 5.92 Å². The highest BCUT2D eigenvalue weighted by molar-refractivity contribution is 7.16. The number of hydrogen-bond acceptors (Lipinski definition) is 7. The van der Waals surface area contributed by atoms with E-state index in [4.69, 9.17) is 0 Å². The van der Waals surface area contributed by atoms with Gasteiger partial charge in [0.05, 0.1) is 5.39 Å². The first-order chi connectivity index (χ1) is 13.9. The van der Waals surface area contributed by atoms with Crippen LogP contribution in [0.2, 0.25) is 0 Å². The summed E-state index contributed by atoms with van der Waals surface area (Å²) in [5, 5.41) is 3.32. The molecule has 2 aliphatic rings. The summed E-state index contributed by atoms with van der Waals surface area (Å²) in [5.74, 6) is 2.93. The lowest BCUT2D eigenvalue weighted by molar-refractivity contribution is 0.205. The Morgan fingerprint density at radius 3 is 2.75 bits per heavy atom. The van der Waals surface area contributed by atoms with Crippen LogP contribution in [0.3, 0.4) is 0 Å². The first-order valence-corrected chi connectivity index (χ1v) is 11.1. The normalized spacial score (nSPS) is 21.4. The molecule has 0 N–H and O–H groups in total. The number of fused-ring (bicyclic) bond motifs is 1. The summed E-state index contributed by atoms with van der Waals surface area (Å²) in [4.78, 5) is 22.1. The van der Waals surface area contributed by atoms with Crippen LogP contribution in [-0.4, -0.2) is 65.7 Å². The number of thiophene rings is 1. The van der Waals surface area contributed by atoms with E-state index in [0.717, 1.165) is 55.7 Å². The lowest BCUT2D eigenvalue weighted by Crippen LogP contribution is -2.50. The van der Waals surface area contributed by atoms with E-state index in [1.54, 1.807) is 17.7 Å². The van der Waals surface area contributed by atoms with Gasteiger partial charge < -0.3 is 9.80 Å². The molecule has 0 saturated carbocycles. The molecule has 5 heterocycles. The van der Waals surface area contributed by atoms with Gasteiger partial charge in [0.2, 0.25) is 0 Å². The molecule has 5 rings (SSSR count). The number of hydrogen-bond donors (Lipinski definition) is 0. The molecule has 28 heavy (non-hydrogen) atoms. The van der Waals surface area contributed by atoms with Gasteiger partial charge in [0.1, 0.15) is 22.8 Å². The molecule has 1 atom stereocenters. The van der Waals surface area contributed by atoms with Crippen LogP contribution < -0.4 is 9.80 Å². The van der Waals surface area contributed by atoms with Crippen LogP contribution in [-0.2, 0) is 0 Å². The average molecular weight is 395 g/mol. The highest BCUT2D eigenvalue weighted by Crippen LogP contribution is 2.30. The average Bonchev–Trinajstić information content (AvgIpc) is 3.24. The Labute approximate surface area is 169 Å². The number of aromatic nitrogens is 3. The fraction of sp³-hybridized carbons (Fsp3) is 0.476. The SMILES string of the molecule is c1ccc(N2CCN(CC3CCCN(c4ncnc5sccc45)C3)CC2)nc1. The van der Waals surface area contributed by atoms with Crippen molar-refractivity contribution in [2.45, 2.75) is 12.8 Å². The quantitative estimate of drug-likeness (QED) is 0.678. The van der Waals surface area contributed by atoms with Gasteiger partial charge in [-0.15, -0.1) is 11.3 Å². The molecule has 0 radical (unpaired) electrons. The molecule has 146 valence electrons. The van der Waals surface area contributed by atoms with Crippen molar-refractivity contribution in [1.29, 1.82) is 0 Å². The van der Waals surface area contributed by atoms with Gasteiger partial charge in [0.15, 0.2) is 0 Å². The zero-order chi connectivity index (χ0) is 18.8. The van der Waals surface area contributed by atoms with Crippen LogP contribution in [0.4, 0.5) is 11.6 Å². The van der Waals surface area contributed by atoms with Gasteiger partial charge in [0, 0.05) is 52.0 Å². The van der Waals surface area contributed by atoms with Gasteiger partial charge in [-0.1, -0.05) is 6.07 Å². The molecule has 2 aliphatic heterocycles. The summed E-state index contributed by atoms with van der Waals surface area (Å²) in [6, 6.07) is 8.33. The van der Waals surface area contributed by atoms with Crippen LogP contribution >= 0.6 is 11.3 Å². The van der Waals surface area contributed by atoms with Crippen molar-refractivity contribution in [2.24, 2.45) is 5.92 Å². The molecular formula is C21H26N6S.